The maximum absolute atomic E-state index is 13.0. The number of aryl methyl sites for hydroxylation is 1. The monoisotopic (exact) mass is 393 g/mol. The number of carbonyl (C=O) groups is 1. The number of benzene rings is 1. The molecule has 0 aliphatic heterocycles. The minimum absolute atomic E-state index is 0.0102. The highest BCUT2D eigenvalue weighted by Crippen LogP contribution is 2.30. The number of nitrogens with zero attached hydrogens (tertiary/aromatic N) is 3. The van der Waals surface area contributed by atoms with Gasteiger partial charge in [-0.05, 0) is 30.2 Å². The quantitative estimate of drug-likeness (QED) is 0.599. The standard InChI is InChI=1S/C19H18F3N3O3/c1-3-15-8-13-9-23-18(28-11-16(26)27-2)24-17(13)25(15)10-12-5-4-6-14(7-12)19(20,21)22/h4-9H,3,10-11H2,1-2H3. The first kappa shape index (κ1) is 19.7. The first-order valence-electron chi connectivity index (χ1n) is 8.52. The lowest BCUT2D eigenvalue weighted by molar-refractivity contribution is -0.143. The lowest BCUT2D eigenvalue weighted by Crippen LogP contribution is -2.14. The van der Waals surface area contributed by atoms with Crippen LogP contribution in [0.1, 0.15) is 23.7 Å². The van der Waals surface area contributed by atoms with Crippen molar-refractivity contribution >= 4 is 17.0 Å². The minimum Gasteiger partial charge on any atom is -0.466 e. The van der Waals surface area contributed by atoms with E-state index in [1.54, 1.807) is 12.3 Å². The Morgan fingerprint density at radius 2 is 2.04 bits per heavy atom. The van der Waals surface area contributed by atoms with Gasteiger partial charge in [0, 0.05) is 23.8 Å². The van der Waals surface area contributed by atoms with E-state index < -0.39 is 17.7 Å². The molecular formula is C19H18F3N3O3. The summed E-state index contributed by atoms with van der Waals surface area (Å²) in [4.78, 5) is 19.6. The second-order valence-corrected chi connectivity index (χ2v) is 6.07. The third kappa shape index (κ3) is 4.24. The molecule has 0 bridgehead atoms. The van der Waals surface area contributed by atoms with E-state index in [2.05, 4.69) is 14.7 Å². The number of rotatable bonds is 6. The highest BCUT2D eigenvalue weighted by atomic mass is 19.4. The normalized spacial score (nSPS) is 11.6. The molecule has 0 amide bonds. The molecule has 0 fully saturated rings. The van der Waals surface area contributed by atoms with Gasteiger partial charge in [0.05, 0.1) is 12.7 Å². The first-order valence-corrected chi connectivity index (χ1v) is 8.52. The molecular weight excluding hydrogens is 375 g/mol. The Morgan fingerprint density at radius 1 is 1.25 bits per heavy atom. The van der Waals surface area contributed by atoms with E-state index >= 15 is 0 Å². The largest absolute Gasteiger partial charge is 0.466 e. The fourth-order valence-electron chi connectivity index (χ4n) is 2.83. The molecule has 0 unspecified atom stereocenters. The van der Waals surface area contributed by atoms with Crippen molar-refractivity contribution in [2.75, 3.05) is 13.7 Å². The number of fused-ring (bicyclic) bond motifs is 1. The Kier molecular flexibility index (Phi) is 5.53. The Balaban J connectivity index is 1.96. The predicted molar refractivity (Wildman–Crippen MR) is 95.0 cm³/mol. The van der Waals surface area contributed by atoms with Gasteiger partial charge in [-0.3, -0.25) is 0 Å². The van der Waals surface area contributed by atoms with Crippen LogP contribution in [0.2, 0.25) is 0 Å². The van der Waals surface area contributed by atoms with Crippen LogP contribution >= 0.6 is 0 Å². The Labute approximate surface area is 158 Å². The smallest absolute Gasteiger partial charge is 0.416 e. The van der Waals surface area contributed by atoms with Gasteiger partial charge < -0.3 is 14.0 Å². The molecule has 0 N–H and O–H groups in total. The van der Waals surface area contributed by atoms with Crippen molar-refractivity contribution in [2.24, 2.45) is 0 Å². The topological polar surface area (TPSA) is 66.2 Å². The van der Waals surface area contributed by atoms with Gasteiger partial charge in [0.15, 0.2) is 6.61 Å². The summed E-state index contributed by atoms with van der Waals surface area (Å²) in [7, 11) is 1.24. The molecule has 0 atom stereocenters. The molecule has 0 saturated carbocycles. The molecule has 2 aromatic heterocycles. The zero-order valence-corrected chi connectivity index (χ0v) is 15.3. The van der Waals surface area contributed by atoms with Crippen LogP contribution in [0.5, 0.6) is 6.01 Å². The summed E-state index contributed by atoms with van der Waals surface area (Å²) in [5.74, 6) is -0.572. The Morgan fingerprint density at radius 3 is 2.71 bits per heavy atom. The average Bonchev–Trinajstić information content (AvgIpc) is 3.02. The summed E-state index contributed by atoms with van der Waals surface area (Å²) in [5, 5.41) is 0.731. The lowest BCUT2D eigenvalue weighted by Gasteiger charge is -2.12. The van der Waals surface area contributed by atoms with Gasteiger partial charge >= 0.3 is 18.2 Å². The zero-order chi connectivity index (χ0) is 20.3. The molecule has 1 aromatic carbocycles. The van der Waals surface area contributed by atoms with Crippen molar-refractivity contribution in [3.8, 4) is 6.01 Å². The van der Waals surface area contributed by atoms with Gasteiger partial charge in [0.1, 0.15) is 5.65 Å². The molecule has 0 aliphatic rings. The molecule has 2 heterocycles. The third-order valence-electron chi connectivity index (χ3n) is 4.20. The van der Waals surface area contributed by atoms with E-state index in [1.807, 2.05) is 17.6 Å². The van der Waals surface area contributed by atoms with Crippen LogP contribution in [-0.4, -0.2) is 34.2 Å². The number of carbonyl (C=O) groups excluding carboxylic acids is 1. The van der Waals surface area contributed by atoms with Crippen molar-refractivity contribution in [3.63, 3.8) is 0 Å². The summed E-state index contributed by atoms with van der Waals surface area (Å²) in [6.45, 7) is 1.82. The van der Waals surface area contributed by atoms with E-state index in [9.17, 15) is 18.0 Å². The number of hydrogen-bond acceptors (Lipinski definition) is 5. The second-order valence-electron chi connectivity index (χ2n) is 6.07. The maximum Gasteiger partial charge on any atom is 0.416 e. The Bertz CT molecular complexity index is 999. The average molecular weight is 393 g/mol. The number of halogens is 3. The molecule has 0 spiro atoms. The van der Waals surface area contributed by atoms with Gasteiger partial charge in [-0.15, -0.1) is 0 Å². The minimum atomic E-state index is -4.40. The number of esters is 1. The van der Waals surface area contributed by atoms with Gasteiger partial charge in [0.25, 0.3) is 0 Å². The summed E-state index contributed by atoms with van der Waals surface area (Å²) in [6.07, 6.45) is -2.19. The van der Waals surface area contributed by atoms with Crippen molar-refractivity contribution < 1.29 is 27.4 Å². The number of ether oxygens (including phenoxy) is 2. The lowest BCUT2D eigenvalue weighted by atomic mass is 10.1. The molecule has 28 heavy (non-hydrogen) atoms. The third-order valence-corrected chi connectivity index (χ3v) is 4.20. The van der Waals surface area contributed by atoms with Crippen LogP contribution in [0.4, 0.5) is 13.2 Å². The molecule has 3 rings (SSSR count). The van der Waals surface area contributed by atoms with Gasteiger partial charge in [-0.1, -0.05) is 19.1 Å². The molecule has 6 nitrogen and oxygen atoms in total. The maximum atomic E-state index is 13.0. The van der Waals surface area contributed by atoms with E-state index in [0.29, 0.717) is 17.6 Å². The molecule has 0 radical (unpaired) electrons. The highest BCUT2D eigenvalue weighted by Gasteiger charge is 2.30. The fraction of sp³-hybridized carbons (Fsp3) is 0.316. The summed E-state index contributed by atoms with van der Waals surface area (Å²) in [5.41, 5.74) is 1.21. The summed E-state index contributed by atoms with van der Waals surface area (Å²) >= 11 is 0. The fourth-order valence-corrected chi connectivity index (χ4v) is 2.83. The van der Waals surface area contributed by atoms with Crippen molar-refractivity contribution in [1.82, 2.24) is 14.5 Å². The summed E-state index contributed by atoms with van der Waals surface area (Å²) in [6, 6.07) is 7.06. The first-order chi connectivity index (χ1) is 13.3. The second kappa shape index (κ2) is 7.87. The number of alkyl halides is 3. The number of methoxy groups -OCH3 is 1. The summed E-state index contributed by atoms with van der Waals surface area (Å²) < 4.78 is 50.5. The van der Waals surface area contributed by atoms with E-state index in [0.717, 1.165) is 23.2 Å². The van der Waals surface area contributed by atoms with Crippen LogP contribution in [0, 0.1) is 0 Å². The van der Waals surface area contributed by atoms with E-state index in [4.69, 9.17) is 4.74 Å². The number of hydrogen-bond donors (Lipinski definition) is 0. The zero-order valence-electron chi connectivity index (χ0n) is 15.3. The van der Waals surface area contributed by atoms with Crippen molar-refractivity contribution in [3.05, 3.63) is 53.3 Å². The molecule has 9 heteroatoms. The van der Waals surface area contributed by atoms with Crippen LogP contribution in [0.25, 0.3) is 11.0 Å². The molecule has 148 valence electrons. The van der Waals surface area contributed by atoms with Gasteiger partial charge in [-0.25, -0.2) is 9.78 Å². The predicted octanol–water partition coefficient (Wildman–Crippen LogP) is 3.61. The van der Waals surface area contributed by atoms with Crippen LogP contribution in [0.15, 0.2) is 36.5 Å². The van der Waals surface area contributed by atoms with Gasteiger partial charge in [-0.2, -0.15) is 18.2 Å². The molecule has 0 saturated heterocycles. The number of aromatic nitrogens is 3. The van der Waals surface area contributed by atoms with Crippen LogP contribution in [0.3, 0.4) is 0 Å². The van der Waals surface area contributed by atoms with Crippen LogP contribution in [-0.2, 0) is 28.7 Å². The Hall–Kier alpha value is -3.10. The van der Waals surface area contributed by atoms with Crippen molar-refractivity contribution in [1.29, 1.82) is 0 Å². The highest BCUT2D eigenvalue weighted by molar-refractivity contribution is 5.77. The van der Waals surface area contributed by atoms with Gasteiger partial charge in [0.2, 0.25) is 0 Å². The van der Waals surface area contributed by atoms with Crippen LogP contribution < -0.4 is 4.74 Å². The SMILES string of the molecule is CCc1cc2cnc(OCC(=O)OC)nc2n1Cc1cccc(C(F)(F)F)c1. The van der Waals surface area contributed by atoms with E-state index in [-0.39, 0.29) is 19.2 Å². The molecule has 3 aromatic rings. The molecule has 0 aliphatic carbocycles. The van der Waals surface area contributed by atoms with E-state index in [1.165, 1.54) is 13.2 Å². The van der Waals surface area contributed by atoms with Crippen molar-refractivity contribution in [2.45, 2.75) is 26.1 Å².